The van der Waals surface area contributed by atoms with Gasteiger partial charge in [-0.15, -0.1) is 35.3 Å². The van der Waals surface area contributed by atoms with E-state index in [2.05, 4.69) is 46.8 Å². The van der Waals surface area contributed by atoms with Crippen LogP contribution in [0.1, 0.15) is 45.7 Å². The fourth-order valence-electron chi connectivity index (χ4n) is 3.70. The maximum Gasteiger partial charge on any atom is 0.191 e. The van der Waals surface area contributed by atoms with Crippen LogP contribution in [0.2, 0.25) is 0 Å². The predicted molar refractivity (Wildman–Crippen MR) is 122 cm³/mol. The number of aromatic nitrogens is 1. The lowest BCUT2D eigenvalue weighted by molar-refractivity contribution is -0.133. The molecule has 2 rings (SSSR count). The average Bonchev–Trinajstić information content (AvgIpc) is 3.07. The normalized spacial score (nSPS) is 21.5. The molecule has 0 saturated heterocycles. The van der Waals surface area contributed by atoms with Gasteiger partial charge in [0.15, 0.2) is 11.1 Å². The summed E-state index contributed by atoms with van der Waals surface area (Å²) < 4.78 is 5.96. The second kappa shape index (κ2) is 10.7. The van der Waals surface area contributed by atoms with Gasteiger partial charge in [0.2, 0.25) is 0 Å². The van der Waals surface area contributed by atoms with Crippen LogP contribution >= 0.6 is 35.3 Å². The van der Waals surface area contributed by atoms with E-state index >= 15 is 0 Å². The second-order valence-electron chi connectivity index (χ2n) is 6.76. The Morgan fingerprint density at radius 1 is 1.38 bits per heavy atom. The predicted octanol–water partition coefficient (Wildman–Crippen LogP) is 3.48. The Balaban J connectivity index is 0.00000338. The Morgan fingerprint density at radius 2 is 2.08 bits per heavy atom. The van der Waals surface area contributed by atoms with Gasteiger partial charge in [0.1, 0.15) is 0 Å². The molecule has 8 heteroatoms. The molecular formula is C18H34IN5OS. The van der Waals surface area contributed by atoms with Crippen molar-refractivity contribution in [1.82, 2.24) is 15.6 Å². The van der Waals surface area contributed by atoms with Gasteiger partial charge in [0.25, 0.3) is 0 Å². The van der Waals surface area contributed by atoms with E-state index in [1.807, 2.05) is 26.0 Å². The van der Waals surface area contributed by atoms with Crippen molar-refractivity contribution in [3.8, 4) is 0 Å². The first-order valence-electron chi connectivity index (χ1n) is 9.21. The molecule has 0 amide bonds. The minimum atomic E-state index is 0. The maximum atomic E-state index is 5.96. The van der Waals surface area contributed by atoms with Crippen LogP contribution in [-0.2, 0) is 11.3 Å². The average molecular weight is 495 g/mol. The van der Waals surface area contributed by atoms with E-state index in [4.69, 9.17) is 4.74 Å². The number of hydrogen-bond donors (Lipinski definition) is 2. The lowest BCUT2D eigenvalue weighted by Crippen LogP contribution is -2.65. The topological polar surface area (TPSA) is 61.8 Å². The molecule has 0 spiro atoms. The van der Waals surface area contributed by atoms with E-state index in [0.29, 0.717) is 18.7 Å². The largest absolute Gasteiger partial charge is 0.378 e. The summed E-state index contributed by atoms with van der Waals surface area (Å²) in [5, 5.41) is 10.1. The van der Waals surface area contributed by atoms with E-state index in [-0.39, 0.29) is 29.4 Å². The summed E-state index contributed by atoms with van der Waals surface area (Å²) in [5.74, 6) is 0.839. The van der Waals surface area contributed by atoms with Gasteiger partial charge >= 0.3 is 0 Å². The van der Waals surface area contributed by atoms with Gasteiger partial charge < -0.3 is 20.3 Å². The molecule has 26 heavy (non-hydrogen) atoms. The molecule has 0 aromatic carbocycles. The molecule has 1 aromatic rings. The van der Waals surface area contributed by atoms with Gasteiger partial charge in [-0.1, -0.05) is 13.8 Å². The van der Waals surface area contributed by atoms with Crippen LogP contribution in [0.4, 0.5) is 5.13 Å². The second-order valence-corrected chi connectivity index (χ2v) is 7.60. The van der Waals surface area contributed by atoms with Gasteiger partial charge in [-0.2, -0.15) is 0 Å². The Labute approximate surface area is 179 Å². The number of halogens is 1. The molecule has 1 aliphatic rings. The Kier molecular flexibility index (Phi) is 9.60. The van der Waals surface area contributed by atoms with Crippen molar-refractivity contribution in [3.63, 3.8) is 0 Å². The van der Waals surface area contributed by atoms with Crippen molar-refractivity contribution in [1.29, 1.82) is 0 Å². The molecule has 2 N–H and O–H groups in total. The molecular weight excluding hydrogens is 461 g/mol. The minimum absolute atomic E-state index is 0. The quantitative estimate of drug-likeness (QED) is 0.329. The molecule has 2 unspecified atom stereocenters. The van der Waals surface area contributed by atoms with E-state index in [9.17, 15) is 0 Å². The monoisotopic (exact) mass is 495 g/mol. The fraction of sp³-hybridized carbons (Fsp3) is 0.778. The van der Waals surface area contributed by atoms with Gasteiger partial charge in [0.05, 0.1) is 18.3 Å². The van der Waals surface area contributed by atoms with Crippen molar-refractivity contribution in [3.05, 3.63) is 11.1 Å². The number of nitrogens with one attached hydrogen (secondary N) is 2. The van der Waals surface area contributed by atoms with Crippen molar-refractivity contribution < 1.29 is 4.74 Å². The van der Waals surface area contributed by atoms with E-state index in [1.165, 1.54) is 0 Å². The molecule has 150 valence electrons. The Hall–Kier alpha value is -0.610. The van der Waals surface area contributed by atoms with Crippen molar-refractivity contribution in [2.45, 2.75) is 58.7 Å². The van der Waals surface area contributed by atoms with Gasteiger partial charge in [0, 0.05) is 44.6 Å². The standard InChI is InChI=1S/C18H33N5OS.HI/c1-7-18(8-2)14(10-15(18)24-9-3)22-16(19-4)20-11-13-12-25-17(21-13)23(5)6;/h12,14-15H,7-11H2,1-6H3,(H2,19,20,22);1H. The molecule has 1 aromatic heterocycles. The number of hydrogen-bond acceptors (Lipinski definition) is 5. The summed E-state index contributed by atoms with van der Waals surface area (Å²) in [6.45, 7) is 8.06. The van der Waals surface area contributed by atoms with Crippen molar-refractivity contribution >= 4 is 46.4 Å². The summed E-state index contributed by atoms with van der Waals surface area (Å²) in [5.41, 5.74) is 1.24. The van der Waals surface area contributed by atoms with Gasteiger partial charge in [-0.25, -0.2) is 4.98 Å². The molecule has 1 aliphatic carbocycles. The number of aliphatic imine (C=N–C) groups is 1. The van der Waals surface area contributed by atoms with Gasteiger partial charge in [-0.05, 0) is 26.2 Å². The molecule has 1 saturated carbocycles. The molecule has 2 atom stereocenters. The smallest absolute Gasteiger partial charge is 0.191 e. The fourth-order valence-corrected chi connectivity index (χ4v) is 4.46. The summed E-state index contributed by atoms with van der Waals surface area (Å²) in [4.78, 5) is 11.0. The summed E-state index contributed by atoms with van der Waals surface area (Å²) in [6.07, 6.45) is 3.62. The highest BCUT2D eigenvalue weighted by Gasteiger charge is 2.53. The number of guanidine groups is 1. The lowest BCUT2D eigenvalue weighted by atomic mass is 9.58. The summed E-state index contributed by atoms with van der Waals surface area (Å²) in [6, 6.07) is 0.401. The summed E-state index contributed by atoms with van der Waals surface area (Å²) in [7, 11) is 5.84. The zero-order chi connectivity index (χ0) is 18.4. The molecule has 1 fully saturated rings. The van der Waals surface area contributed by atoms with Crippen LogP contribution in [0.3, 0.4) is 0 Å². The number of thiazole rings is 1. The highest BCUT2D eigenvalue weighted by Crippen LogP contribution is 2.48. The number of rotatable bonds is 8. The van der Waals surface area contributed by atoms with E-state index in [1.54, 1.807) is 11.3 Å². The van der Waals surface area contributed by atoms with Crippen LogP contribution in [0.5, 0.6) is 0 Å². The van der Waals surface area contributed by atoms with Crippen LogP contribution < -0.4 is 15.5 Å². The lowest BCUT2D eigenvalue weighted by Gasteiger charge is -2.55. The highest BCUT2D eigenvalue weighted by molar-refractivity contribution is 14.0. The molecule has 0 aliphatic heterocycles. The Bertz CT molecular complexity index is 574. The summed E-state index contributed by atoms with van der Waals surface area (Å²) >= 11 is 1.66. The third-order valence-electron chi connectivity index (χ3n) is 5.36. The first kappa shape index (κ1) is 23.4. The third-order valence-corrected chi connectivity index (χ3v) is 6.42. The van der Waals surface area contributed by atoms with Gasteiger partial charge in [-0.3, -0.25) is 4.99 Å². The first-order valence-corrected chi connectivity index (χ1v) is 10.1. The number of ether oxygens (including phenoxy) is 1. The molecule has 0 radical (unpaired) electrons. The SMILES string of the molecule is CCOC1CC(NC(=NC)NCc2csc(N(C)C)n2)C1(CC)CC.I. The number of anilines is 1. The maximum absolute atomic E-state index is 5.96. The first-order chi connectivity index (χ1) is 12.0. The molecule has 6 nitrogen and oxygen atoms in total. The van der Waals surface area contributed by atoms with Crippen molar-refractivity contribution in [2.24, 2.45) is 10.4 Å². The van der Waals surface area contributed by atoms with Crippen LogP contribution in [0.15, 0.2) is 10.4 Å². The number of nitrogens with zero attached hydrogens (tertiary/aromatic N) is 3. The van der Waals surface area contributed by atoms with Crippen molar-refractivity contribution in [2.75, 3.05) is 32.6 Å². The van der Waals surface area contributed by atoms with Crippen LogP contribution in [-0.4, -0.2) is 50.8 Å². The van der Waals surface area contributed by atoms with E-state index in [0.717, 1.165) is 42.7 Å². The van der Waals surface area contributed by atoms with Crippen LogP contribution in [0, 0.1) is 5.41 Å². The third kappa shape index (κ3) is 5.01. The minimum Gasteiger partial charge on any atom is -0.378 e. The zero-order valence-electron chi connectivity index (χ0n) is 16.8. The zero-order valence-corrected chi connectivity index (χ0v) is 20.0. The van der Waals surface area contributed by atoms with E-state index < -0.39 is 0 Å². The van der Waals surface area contributed by atoms with Crippen LogP contribution in [0.25, 0.3) is 0 Å². The molecule has 1 heterocycles. The Morgan fingerprint density at radius 3 is 2.58 bits per heavy atom. The highest BCUT2D eigenvalue weighted by atomic mass is 127. The molecule has 0 bridgehead atoms.